The van der Waals surface area contributed by atoms with Gasteiger partial charge in [0.15, 0.2) is 18.9 Å². The average molecular weight is 1920 g/mol. The van der Waals surface area contributed by atoms with Crippen molar-refractivity contribution in [3.8, 4) is 0 Å². The van der Waals surface area contributed by atoms with Crippen LogP contribution in [0.25, 0.3) is 0 Å². The zero-order valence-electron chi connectivity index (χ0n) is 77.5. The minimum absolute atomic E-state index is 0.00351. The Morgan fingerprint density at radius 3 is 0.924 bits per heavy atom. The molecular weight excluding hydrogens is 1760 g/mol. The second kappa shape index (κ2) is 77.4. The fraction of sp³-hybridized carbons (Fsp3) is 0.893. The number of phosphoric acid groups is 1. The van der Waals surface area contributed by atoms with E-state index in [0.29, 0.717) is 58.0 Å². The highest BCUT2D eigenvalue weighted by Crippen LogP contribution is 2.42. The first-order chi connectivity index (χ1) is 63.2. The number of aliphatic hydroxyl groups is 9. The molecular formula is C84H158N9O37P. The number of carbonyl (C=O) groups is 9. The molecule has 46 nitrogen and oxygen atoms in total. The van der Waals surface area contributed by atoms with Gasteiger partial charge in [-0.05, 0) is 64.2 Å². The average Bonchev–Trinajstić information content (AvgIpc) is 0.817. The summed E-state index contributed by atoms with van der Waals surface area (Å²) < 4.78 is 104. The lowest BCUT2D eigenvalue weighted by atomic mass is 9.97. The molecule has 3 heterocycles. The number of amides is 9. The largest absolute Gasteiger partial charge is 0.471 e. The topological polar surface area (TPSA) is 638 Å². The molecule has 0 radical (unpaired) electrons. The molecule has 19 N–H and O–H groups in total. The van der Waals surface area contributed by atoms with E-state index in [2.05, 4.69) is 52.4 Å². The third-order valence-electron chi connectivity index (χ3n) is 20.5. The van der Waals surface area contributed by atoms with Gasteiger partial charge in [-0.3, -0.25) is 52.2 Å². The monoisotopic (exact) mass is 1920 g/mol. The number of unbranched alkanes of at least 4 members (excludes halogenated alkanes) is 13. The number of rotatable bonds is 80. The molecule has 0 aliphatic carbocycles. The van der Waals surface area contributed by atoms with Crippen LogP contribution in [0.1, 0.15) is 182 Å². The molecule has 3 aliphatic rings. The highest BCUT2D eigenvalue weighted by Gasteiger charge is 2.48. The van der Waals surface area contributed by atoms with E-state index in [1.54, 1.807) is 0 Å². The molecule has 3 saturated heterocycles. The molecule has 131 heavy (non-hydrogen) atoms. The fourth-order valence-corrected chi connectivity index (χ4v) is 13.9. The first-order valence-corrected chi connectivity index (χ1v) is 47.6. The summed E-state index contributed by atoms with van der Waals surface area (Å²) in [7, 11) is -2.86. The highest BCUT2D eigenvalue weighted by atomic mass is 31.2. The zero-order chi connectivity index (χ0) is 96.7. The van der Waals surface area contributed by atoms with Crippen LogP contribution in [0.5, 0.6) is 0 Å². The number of carbonyl (C=O) groups excluding carboxylic acids is 9. The molecule has 9 amide bonds. The lowest BCUT2D eigenvalue weighted by Crippen LogP contribution is -2.64. The number of hydrogen-bond acceptors (Lipinski definition) is 36. The Morgan fingerprint density at radius 2 is 0.595 bits per heavy atom. The van der Waals surface area contributed by atoms with Gasteiger partial charge in [0.1, 0.15) is 85.1 Å². The van der Waals surface area contributed by atoms with Crippen LogP contribution in [0, 0.1) is 0 Å². The molecule has 3 rings (SSSR count). The van der Waals surface area contributed by atoms with Crippen molar-refractivity contribution in [2.75, 3.05) is 198 Å². The Hall–Kier alpha value is -5.62. The molecule has 3 aliphatic heterocycles. The molecule has 0 aromatic carbocycles. The number of phosphoric ester groups is 1. The summed E-state index contributed by atoms with van der Waals surface area (Å²) in [4.78, 5) is 125. The van der Waals surface area contributed by atoms with E-state index in [1.807, 2.05) is 13.8 Å². The Labute approximate surface area is 769 Å². The minimum Gasteiger partial charge on any atom is -0.394 e. The SMILES string of the molecule is CC.COP(=O)(O)OCCCCCCNC(=O)CCCCCCCCCCCNC(=O)[C@H](CCCCNC(=O)CCOCCOCCOCCOC1OC(CO)C(O)C(O)C1NC(C)=O)NC(=O)[C@H](CCCCNC(=O)CCOCCOCCOCCOC1OC(CO)C(O)C(O)C1NC(C)=O)NC(=O)CCOCCOCCOCCOC1OC(CO)C(O)C(O)C1NC(C)=O. The van der Waals surface area contributed by atoms with Crippen LogP contribution in [0.15, 0.2) is 0 Å². The lowest BCUT2D eigenvalue weighted by molar-refractivity contribution is -0.272. The predicted octanol–water partition coefficient (Wildman–Crippen LogP) is -2.79. The number of ether oxygens (including phenoxy) is 15. The zero-order valence-corrected chi connectivity index (χ0v) is 78.4. The van der Waals surface area contributed by atoms with E-state index in [1.165, 1.54) is 20.8 Å². The van der Waals surface area contributed by atoms with Crippen LogP contribution in [0.4, 0.5) is 0 Å². The van der Waals surface area contributed by atoms with E-state index in [-0.39, 0.29) is 208 Å². The van der Waals surface area contributed by atoms with Crippen LogP contribution < -0.4 is 47.9 Å². The van der Waals surface area contributed by atoms with Crippen LogP contribution >= 0.6 is 7.82 Å². The van der Waals surface area contributed by atoms with Gasteiger partial charge in [-0.1, -0.05) is 71.6 Å². The van der Waals surface area contributed by atoms with Gasteiger partial charge in [0.2, 0.25) is 53.2 Å². The molecule has 18 atom stereocenters. The number of hydrogen-bond donors (Lipinski definition) is 19. The predicted molar refractivity (Wildman–Crippen MR) is 468 cm³/mol. The normalized spacial score (nSPS) is 22.8. The maximum atomic E-state index is 14.4. The van der Waals surface area contributed by atoms with Gasteiger partial charge < -0.3 is 170 Å². The van der Waals surface area contributed by atoms with Crippen molar-refractivity contribution < 1.29 is 179 Å². The molecule has 0 aromatic rings. The standard InChI is InChI=1S/C82H152N9O37P.C2H6/c1-57(95)87-69-75(105)72(102)62(54-92)126-80(69)122-51-48-119-45-42-116-39-36-113-33-25-66(99)84-29-19-15-22-60(78(108)86-31-18-11-9-7-5-6-8-10-14-24-65(98)83-28-17-12-13-21-32-125-129(110,111)112-4)91-79(109)61(90-68(101)27-35-115-38-41-118-44-47-121-50-53-124-82-71(89-59(3)97)77(107)74(104)64(56-94)128-82)23-16-20-30-85-67(100)26-34-114-37-40-117-43-46-120-49-52-123-81-70(88-58(2)96)76(106)73(103)63(55-93)127-81;1-2/h60-64,69-77,80-82,92-94,102-107H,5-56H2,1-4H3,(H,83,98)(H,84,99)(H,85,100)(H,86,108)(H,87,95)(H,88,96)(H,89,97)(H,90,101)(H,91,109)(H,110,111);1-2H3/t60-,61-,62?,63?,64?,69?,70?,71?,72?,73?,74?,75?,76?,77?,80?,81?,82?;/m0./s1. The molecule has 766 valence electrons. The second-order valence-electron chi connectivity index (χ2n) is 31.0. The first kappa shape index (κ1) is 121. The third-order valence-corrected chi connectivity index (χ3v) is 21.4. The summed E-state index contributed by atoms with van der Waals surface area (Å²) in [5.41, 5.74) is 0. The van der Waals surface area contributed by atoms with Crippen LogP contribution in [0.2, 0.25) is 0 Å². The van der Waals surface area contributed by atoms with Crippen LogP contribution in [-0.2, 0) is 128 Å². The Morgan fingerprint density at radius 1 is 0.321 bits per heavy atom. The van der Waals surface area contributed by atoms with Gasteiger partial charge in [0.25, 0.3) is 0 Å². The van der Waals surface area contributed by atoms with Gasteiger partial charge >= 0.3 is 7.82 Å². The number of aliphatic hydroxyl groups excluding tert-OH is 9. The van der Waals surface area contributed by atoms with E-state index < -0.39 is 167 Å². The maximum absolute atomic E-state index is 14.4. The molecule has 47 heteroatoms. The Balaban J connectivity index is 0.0000288. The number of nitrogens with one attached hydrogen (secondary N) is 9. The third kappa shape index (κ3) is 57.9. The summed E-state index contributed by atoms with van der Waals surface area (Å²) in [5, 5.41) is 116. The smallest absolute Gasteiger partial charge is 0.394 e. The van der Waals surface area contributed by atoms with Crippen molar-refractivity contribution in [1.82, 2.24) is 47.9 Å². The minimum atomic E-state index is -3.97. The molecule has 3 fully saturated rings. The Bertz CT molecular complexity index is 3050. The van der Waals surface area contributed by atoms with Crippen molar-refractivity contribution in [1.29, 1.82) is 0 Å². The Kier molecular flexibility index (Phi) is 71.8. The summed E-state index contributed by atoms with van der Waals surface area (Å²) in [6.45, 7) is 9.92. The fourth-order valence-electron chi connectivity index (χ4n) is 13.4. The van der Waals surface area contributed by atoms with E-state index in [0.717, 1.165) is 77.7 Å². The molecule has 16 unspecified atom stereocenters. The van der Waals surface area contributed by atoms with E-state index >= 15 is 0 Å². The lowest BCUT2D eigenvalue weighted by Gasteiger charge is -2.42. The summed E-state index contributed by atoms with van der Waals surface area (Å²) in [6, 6.07) is -5.43. The summed E-state index contributed by atoms with van der Waals surface area (Å²) >= 11 is 0. The second-order valence-corrected chi connectivity index (χ2v) is 32.6. The summed E-state index contributed by atoms with van der Waals surface area (Å²) in [6.07, 6.45) is -2.07. The van der Waals surface area contributed by atoms with E-state index in [4.69, 9.17) is 75.6 Å². The highest BCUT2D eigenvalue weighted by molar-refractivity contribution is 7.47. The maximum Gasteiger partial charge on any atom is 0.471 e. The van der Waals surface area contributed by atoms with Crippen molar-refractivity contribution in [3.63, 3.8) is 0 Å². The van der Waals surface area contributed by atoms with Crippen LogP contribution in [0.3, 0.4) is 0 Å². The van der Waals surface area contributed by atoms with Gasteiger partial charge in [0.05, 0.1) is 165 Å². The summed E-state index contributed by atoms with van der Waals surface area (Å²) in [5.74, 6) is -3.58. The van der Waals surface area contributed by atoms with Gasteiger partial charge in [-0.15, -0.1) is 0 Å². The van der Waals surface area contributed by atoms with E-state index in [9.17, 15) is 98.6 Å². The first-order valence-electron chi connectivity index (χ1n) is 46.1. The van der Waals surface area contributed by atoms with Gasteiger partial charge in [-0.2, -0.15) is 0 Å². The van der Waals surface area contributed by atoms with Gasteiger partial charge in [-0.25, -0.2) is 4.57 Å². The molecule has 0 spiro atoms. The molecule has 0 aromatic heterocycles. The van der Waals surface area contributed by atoms with Crippen LogP contribution in [-0.4, -0.2) is 406 Å². The molecule has 0 bridgehead atoms. The van der Waals surface area contributed by atoms with Crippen molar-refractivity contribution in [3.05, 3.63) is 0 Å². The molecule has 0 saturated carbocycles. The van der Waals surface area contributed by atoms with Gasteiger partial charge in [0, 0.05) is 79.7 Å². The quantitative estimate of drug-likeness (QED) is 0.0216. The van der Waals surface area contributed by atoms with Crippen molar-refractivity contribution >= 4 is 61.0 Å². The van der Waals surface area contributed by atoms with Crippen molar-refractivity contribution in [2.45, 2.75) is 286 Å². The van der Waals surface area contributed by atoms with Crippen molar-refractivity contribution in [2.24, 2.45) is 0 Å².